The molecule has 76 valence electrons. The first-order chi connectivity index (χ1) is 6.16. The molecule has 1 saturated heterocycles. The molecule has 2 unspecified atom stereocenters. The van der Waals surface area contributed by atoms with E-state index in [9.17, 15) is 4.79 Å². The Kier molecular flexibility index (Phi) is 3.91. The summed E-state index contributed by atoms with van der Waals surface area (Å²) in [5, 5.41) is 0. The summed E-state index contributed by atoms with van der Waals surface area (Å²) in [5.74, 6) is 0.306. The summed E-state index contributed by atoms with van der Waals surface area (Å²) in [6.07, 6.45) is 5.04. The van der Waals surface area contributed by atoms with E-state index in [0.29, 0.717) is 11.8 Å². The van der Waals surface area contributed by atoms with Gasteiger partial charge in [-0.3, -0.25) is 9.69 Å². The molecule has 1 fully saturated rings. The van der Waals surface area contributed by atoms with Gasteiger partial charge in [0.1, 0.15) is 5.78 Å². The largest absolute Gasteiger partial charge is 0.298 e. The molecule has 0 N–H and O–H groups in total. The lowest BCUT2D eigenvalue weighted by atomic mass is 9.97. The summed E-state index contributed by atoms with van der Waals surface area (Å²) >= 11 is 0. The Morgan fingerprint density at radius 2 is 2.23 bits per heavy atom. The molecular weight excluding hydrogens is 162 g/mol. The number of carbonyl (C=O) groups is 1. The SMILES string of the molecule is CCC1CCCCN1C(C)C(C)=O. The Morgan fingerprint density at radius 3 is 2.77 bits per heavy atom. The maximum atomic E-state index is 11.3. The fraction of sp³-hybridized carbons (Fsp3) is 0.909. The van der Waals surface area contributed by atoms with Gasteiger partial charge in [-0.25, -0.2) is 0 Å². The summed E-state index contributed by atoms with van der Waals surface area (Å²) in [5.41, 5.74) is 0. The molecule has 1 aliphatic rings. The Morgan fingerprint density at radius 1 is 1.54 bits per heavy atom. The molecule has 0 bridgehead atoms. The zero-order chi connectivity index (χ0) is 9.84. The number of ketones is 1. The number of carbonyl (C=O) groups excluding carboxylic acids is 1. The fourth-order valence-corrected chi connectivity index (χ4v) is 2.20. The average Bonchev–Trinajstić information content (AvgIpc) is 2.16. The number of piperidine rings is 1. The van der Waals surface area contributed by atoms with Crippen molar-refractivity contribution in [3.05, 3.63) is 0 Å². The minimum Gasteiger partial charge on any atom is -0.298 e. The van der Waals surface area contributed by atoms with Crippen LogP contribution in [0, 0.1) is 0 Å². The van der Waals surface area contributed by atoms with Gasteiger partial charge in [-0.1, -0.05) is 13.3 Å². The van der Waals surface area contributed by atoms with E-state index in [1.165, 1.54) is 25.7 Å². The molecule has 0 radical (unpaired) electrons. The van der Waals surface area contributed by atoms with Crippen molar-refractivity contribution >= 4 is 5.78 Å². The molecule has 0 aliphatic carbocycles. The minimum absolute atomic E-state index is 0.130. The van der Waals surface area contributed by atoms with Crippen molar-refractivity contribution in [1.29, 1.82) is 0 Å². The highest BCUT2D eigenvalue weighted by Crippen LogP contribution is 2.21. The third kappa shape index (κ3) is 2.53. The van der Waals surface area contributed by atoms with Gasteiger partial charge in [-0.05, 0) is 39.7 Å². The van der Waals surface area contributed by atoms with Crippen molar-refractivity contribution < 1.29 is 4.79 Å². The smallest absolute Gasteiger partial charge is 0.146 e. The summed E-state index contributed by atoms with van der Waals surface area (Å²) in [4.78, 5) is 13.6. The topological polar surface area (TPSA) is 20.3 Å². The molecular formula is C11H21NO. The number of rotatable bonds is 3. The number of nitrogens with zero attached hydrogens (tertiary/aromatic N) is 1. The van der Waals surface area contributed by atoms with Crippen LogP contribution >= 0.6 is 0 Å². The first-order valence-electron chi connectivity index (χ1n) is 5.43. The van der Waals surface area contributed by atoms with Crippen LogP contribution in [0.25, 0.3) is 0 Å². The van der Waals surface area contributed by atoms with Crippen LogP contribution in [0.4, 0.5) is 0 Å². The van der Waals surface area contributed by atoms with E-state index in [-0.39, 0.29) is 6.04 Å². The van der Waals surface area contributed by atoms with E-state index in [4.69, 9.17) is 0 Å². The molecule has 1 heterocycles. The average molecular weight is 183 g/mol. The van der Waals surface area contributed by atoms with Crippen molar-refractivity contribution in [3.63, 3.8) is 0 Å². The summed E-state index contributed by atoms with van der Waals surface area (Å²) in [6.45, 7) is 7.07. The molecule has 0 saturated carbocycles. The molecule has 2 heteroatoms. The predicted octanol–water partition coefficient (Wildman–Crippen LogP) is 2.23. The lowest BCUT2D eigenvalue weighted by Crippen LogP contribution is -2.47. The fourth-order valence-electron chi connectivity index (χ4n) is 2.20. The van der Waals surface area contributed by atoms with Gasteiger partial charge in [-0.2, -0.15) is 0 Å². The van der Waals surface area contributed by atoms with Gasteiger partial charge in [0.15, 0.2) is 0 Å². The number of hydrogen-bond acceptors (Lipinski definition) is 2. The Bertz CT molecular complexity index is 179. The normalized spacial score (nSPS) is 27.2. The monoisotopic (exact) mass is 183 g/mol. The highest BCUT2D eigenvalue weighted by molar-refractivity contribution is 5.81. The summed E-state index contributed by atoms with van der Waals surface area (Å²) in [6, 6.07) is 0.776. The quantitative estimate of drug-likeness (QED) is 0.668. The van der Waals surface area contributed by atoms with E-state index in [1.807, 2.05) is 6.92 Å². The van der Waals surface area contributed by atoms with Gasteiger partial charge in [-0.15, -0.1) is 0 Å². The number of likely N-dealkylation sites (tertiary alicyclic amines) is 1. The molecule has 0 aromatic carbocycles. The number of Topliss-reactive ketones (excluding diaryl/α,β-unsaturated/α-hetero) is 1. The van der Waals surface area contributed by atoms with Gasteiger partial charge >= 0.3 is 0 Å². The van der Waals surface area contributed by atoms with E-state index < -0.39 is 0 Å². The maximum absolute atomic E-state index is 11.3. The zero-order valence-corrected chi connectivity index (χ0v) is 9.05. The zero-order valence-electron chi connectivity index (χ0n) is 9.05. The van der Waals surface area contributed by atoms with Crippen LogP contribution in [-0.2, 0) is 4.79 Å². The summed E-state index contributed by atoms with van der Waals surface area (Å²) in [7, 11) is 0. The lowest BCUT2D eigenvalue weighted by molar-refractivity contribution is -0.123. The Labute approximate surface area is 81.3 Å². The van der Waals surface area contributed by atoms with E-state index in [2.05, 4.69) is 11.8 Å². The van der Waals surface area contributed by atoms with Gasteiger partial charge in [0, 0.05) is 6.04 Å². The second-order valence-corrected chi connectivity index (χ2v) is 4.08. The molecule has 1 aliphatic heterocycles. The van der Waals surface area contributed by atoms with E-state index >= 15 is 0 Å². The van der Waals surface area contributed by atoms with Crippen LogP contribution in [0.15, 0.2) is 0 Å². The van der Waals surface area contributed by atoms with Crippen molar-refractivity contribution in [2.75, 3.05) is 6.54 Å². The molecule has 0 aromatic heterocycles. The maximum Gasteiger partial charge on any atom is 0.146 e. The lowest BCUT2D eigenvalue weighted by Gasteiger charge is -2.38. The van der Waals surface area contributed by atoms with Crippen LogP contribution < -0.4 is 0 Å². The predicted molar refractivity (Wildman–Crippen MR) is 54.8 cm³/mol. The second kappa shape index (κ2) is 4.75. The minimum atomic E-state index is 0.130. The second-order valence-electron chi connectivity index (χ2n) is 4.08. The highest BCUT2D eigenvalue weighted by Gasteiger charge is 2.26. The molecule has 0 aromatic rings. The van der Waals surface area contributed by atoms with Gasteiger partial charge in [0.05, 0.1) is 6.04 Å². The molecule has 2 atom stereocenters. The third-order valence-corrected chi connectivity index (χ3v) is 3.23. The van der Waals surface area contributed by atoms with E-state index in [0.717, 1.165) is 6.54 Å². The first kappa shape index (κ1) is 10.7. The Hall–Kier alpha value is -0.370. The molecule has 0 amide bonds. The van der Waals surface area contributed by atoms with Crippen LogP contribution in [0.5, 0.6) is 0 Å². The summed E-state index contributed by atoms with van der Waals surface area (Å²) < 4.78 is 0. The van der Waals surface area contributed by atoms with Crippen molar-refractivity contribution in [3.8, 4) is 0 Å². The standard InChI is InChI=1S/C11H21NO/c1-4-11-7-5-6-8-12(11)9(2)10(3)13/h9,11H,4-8H2,1-3H3. The van der Waals surface area contributed by atoms with Crippen LogP contribution in [0.2, 0.25) is 0 Å². The van der Waals surface area contributed by atoms with E-state index in [1.54, 1.807) is 6.92 Å². The van der Waals surface area contributed by atoms with Crippen LogP contribution in [0.3, 0.4) is 0 Å². The molecule has 13 heavy (non-hydrogen) atoms. The van der Waals surface area contributed by atoms with Crippen molar-refractivity contribution in [1.82, 2.24) is 4.90 Å². The Balaban J connectivity index is 2.58. The third-order valence-electron chi connectivity index (χ3n) is 3.23. The van der Waals surface area contributed by atoms with Gasteiger partial charge in [0.25, 0.3) is 0 Å². The highest BCUT2D eigenvalue weighted by atomic mass is 16.1. The number of hydrogen-bond donors (Lipinski definition) is 0. The molecule has 1 rings (SSSR count). The molecule has 2 nitrogen and oxygen atoms in total. The van der Waals surface area contributed by atoms with Crippen molar-refractivity contribution in [2.24, 2.45) is 0 Å². The molecule has 0 spiro atoms. The van der Waals surface area contributed by atoms with Crippen molar-refractivity contribution in [2.45, 2.75) is 58.5 Å². The van der Waals surface area contributed by atoms with Crippen LogP contribution in [-0.4, -0.2) is 29.3 Å². The van der Waals surface area contributed by atoms with Crippen LogP contribution in [0.1, 0.15) is 46.5 Å². The van der Waals surface area contributed by atoms with Gasteiger partial charge < -0.3 is 0 Å². The van der Waals surface area contributed by atoms with Gasteiger partial charge in [0.2, 0.25) is 0 Å². The first-order valence-corrected chi connectivity index (χ1v) is 5.43.